The van der Waals surface area contributed by atoms with Gasteiger partial charge in [0.05, 0.1) is 26.9 Å². The van der Waals surface area contributed by atoms with Gasteiger partial charge in [-0.05, 0) is 24.1 Å². The molecule has 18 heavy (non-hydrogen) atoms. The molecule has 4 heteroatoms. The van der Waals surface area contributed by atoms with E-state index in [0.29, 0.717) is 13.2 Å². The fourth-order valence-corrected chi connectivity index (χ4v) is 1.48. The van der Waals surface area contributed by atoms with Gasteiger partial charge in [0, 0.05) is 6.61 Å². The summed E-state index contributed by atoms with van der Waals surface area (Å²) in [7, 11) is 1.62. The Bertz CT molecular complexity index is 310. The molecule has 0 radical (unpaired) electrons. The van der Waals surface area contributed by atoms with Crippen molar-refractivity contribution >= 4 is 0 Å². The third kappa shape index (κ3) is 5.49. The topological polar surface area (TPSA) is 47.9 Å². The van der Waals surface area contributed by atoms with Gasteiger partial charge in [0.15, 0.2) is 0 Å². The van der Waals surface area contributed by atoms with Crippen molar-refractivity contribution in [3.63, 3.8) is 0 Å². The first-order valence-electron chi connectivity index (χ1n) is 6.25. The first kappa shape index (κ1) is 15.0. The molecule has 0 bridgehead atoms. The average molecular weight is 254 g/mol. The van der Waals surface area contributed by atoms with Gasteiger partial charge < -0.3 is 19.3 Å². The molecule has 0 heterocycles. The molecule has 0 amide bonds. The normalized spacial score (nSPS) is 12.4. The minimum absolute atomic E-state index is 0.280. The van der Waals surface area contributed by atoms with E-state index in [1.807, 2.05) is 24.3 Å². The van der Waals surface area contributed by atoms with Crippen LogP contribution in [0.25, 0.3) is 0 Å². The lowest BCUT2D eigenvalue weighted by molar-refractivity contribution is 0.00325. The van der Waals surface area contributed by atoms with Crippen molar-refractivity contribution < 1.29 is 19.3 Å². The van der Waals surface area contributed by atoms with Crippen molar-refractivity contribution in [3.05, 3.63) is 29.8 Å². The molecule has 0 aliphatic heterocycles. The highest BCUT2D eigenvalue weighted by molar-refractivity contribution is 5.28. The lowest BCUT2D eigenvalue weighted by Gasteiger charge is -2.12. The van der Waals surface area contributed by atoms with Crippen LogP contribution in [-0.4, -0.2) is 38.6 Å². The average Bonchev–Trinajstić information content (AvgIpc) is 2.42. The van der Waals surface area contributed by atoms with E-state index < -0.39 is 6.10 Å². The molecule has 0 aliphatic carbocycles. The van der Waals surface area contributed by atoms with Gasteiger partial charge in [0.25, 0.3) is 0 Å². The molecular weight excluding hydrogens is 232 g/mol. The summed E-state index contributed by atoms with van der Waals surface area (Å²) < 4.78 is 15.7. The Kier molecular flexibility index (Phi) is 7.41. The molecular formula is C14H22O4. The van der Waals surface area contributed by atoms with Crippen LogP contribution in [0.1, 0.15) is 25.0 Å². The molecule has 0 fully saturated rings. The second-order valence-electron chi connectivity index (χ2n) is 3.98. The largest absolute Gasteiger partial charge is 0.497 e. The molecule has 0 saturated heterocycles. The predicted octanol–water partition coefficient (Wildman–Crippen LogP) is 2.17. The lowest BCUT2D eigenvalue weighted by Crippen LogP contribution is -2.11. The molecule has 1 atom stereocenters. The number of aliphatic hydroxyl groups excluding tert-OH is 1. The van der Waals surface area contributed by atoms with Gasteiger partial charge >= 0.3 is 0 Å². The predicted molar refractivity (Wildman–Crippen MR) is 69.9 cm³/mol. The molecule has 0 aliphatic rings. The summed E-state index contributed by atoms with van der Waals surface area (Å²) in [6.07, 6.45) is 0.399. The molecule has 1 N–H and O–H groups in total. The SMILES string of the molecule is CCCOCCOCC(O)c1ccc(OC)cc1. The van der Waals surface area contributed by atoms with Gasteiger partial charge in [-0.1, -0.05) is 19.1 Å². The van der Waals surface area contributed by atoms with Crippen molar-refractivity contribution in [2.45, 2.75) is 19.4 Å². The second kappa shape index (κ2) is 8.91. The fourth-order valence-electron chi connectivity index (χ4n) is 1.48. The number of aliphatic hydroxyl groups is 1. The van der Waals surface area contributed by atoms with Gasteiger partial charge in [-0.25, -0.2) is 0 Å². The highest BCUT2D eigenvalue weighted by atomic mass is 16.5. The van der Waals surface area contributed by atoms with E-state index in [0.717, 1.165) is 24.3 Å². The quantitative estimate of drug-likeness (QED) is 0.686. The van der Waals surface area contributed by atoms with Crippen molar-refractivity contribution in [2.75, 3.05) is 33.5 Å². The van der Waals surface area contributed by atoms with Crippen LogP contribution in [0.15, 0.2) is 24.3 Å². The van der Waals surface area contributed by atoms with Crippen LogP contribution >= 0.6 is 0 Å². The minimum atomic E-state index is -0.609. The smallest absolute Gasteiger partial charge is 0.118 e. The van der Waals surface area contributed by atoms with Crippen molar-refractivity contribution in [2.24, 2.45) is 0 Å². The number of rotatable bonds is 9. The number of hydrogen-bond donors (Lipinski definition) is 1. The standard InChI is InChI=1S/C14H22O4/c1-3-8-17-9-10-18-11-14(15)12-4-6-13(16-2)7-5-12/h4-7,14-15H,3,8-11H2,1-2H3. The van der Waals surface area contributed by atoms with E-state index in [9.17, 15) is 5.11 Å². The summed E-state index contributed by atoms with van der Waals surface area (Å²) in [6, 6.07) is 7.31. The van der Waals surface area contributed by atoms with Crippen LogP contribution < -0.4 is 4.74 Å². The van der Waals surface area contributed by atoms with E-state index in [4.69, 9.17) is 14.2 Å². The van der Waals surface area contributed by atoms with Gasteiger partial charge in [-0.2, -0.15) is 0 Å². The summed E-state index contributed by atoms with van der Waals surface area (Å²) in [6.45, 7) is 4.18. The van der Waals surface area contributed by atoms with Crippen LogP contribution in [-0.2, 0) is 9.47 Å². The molecule has 0 aromatic heterocycles. The number of hydrogen-bond acceptors (Lipinski definition) is 4. The van der Waals surface area contributed by atoms with Crippen LogP contribution in [0.5, 0.6) is 5.75 Å². The van der Waals surface area contributed by atoms with Crippen LogP contribution in [0.3, 0.4) is 0 Å². The van der Waals surface area contributed by atoms with Gasteiger partial charge in [-0.3, -0.25) is 0 Å². The van der Waals surface area contributed by atoms with Gasteiger partial charge in [0.1, 0.15) is 11.9 Å². The van der Waals surface area contributed by atoms with Crippen LogP contribution in [0, 0.1) is 0 Å². The molecule has 1 aromatic carbocycles. The zero-order valence-corrected chi connectivity index (χ0v) is 11.1. The number of methoxy groups -OCH3 is 1. The van der Waals surface area contributed by atoms with E-state index in [1.165, 1.54) is 0 Å². The van der Waals surface area contributed by atoms with Crippen LogP contribution in [0.4, 0.5) is 0 Å². The second-order valence-corrected chi connectivity index (χ2v) is 3.98. The first-order valence-corrected chi connectivity index (χ1v) is 6.25. The minimum Gasteiger partial charge on any atom is -0.497 e. The summed E-state index contributed by atoms with van der Waals surface area (Å²) in [5.74, 6) is 0.778. The molecule has 102 valence electrons. The van der Waals surface area contributed by atoms with E-state index in [-0.39, 0.29) is 6.61 Å². The maximum absolute atomic E-state index is 9.88. The third-order valence-electron chi connectivity index (χ3n) is 2.50. The molecule has 0 saturated carbocycles. The number of benzene rings is 1. The Morgan fingerprint density at radius 3 is 2.33 bits per heavy atom. The summed E-state index contributed by atoms with van der Waals surface area (Å²) in [5.41, 5.74) is 0.824. The number of ether oxygens (including phenoxy) is 3. The third-order valence-corrected chi connectivity index (χ3v) is 2.50. The monoisotopic (exact) mass is 254 g/mol. The Morgan fingerprint density at radius 2 is 1.72 bits per heavy atom. The zero-order valence-electron chi connectivity index (χ0n) is 11.1. The Labute approximate surface area is 108 Å². The summed E-state index contributed by atoms with van der Waals surface area (Å²) in [4.78, 5) is 0. The highest BCUT2D eigenvalue weighted by Crippen LogP contribution is 2.17. The highest BCUT2D eigenvalue weighted by Gasteiger charge is 2.07. The maximum Gasteiger partial charge on any atom is 0.118 e. The van der Waals surface area contributed by atoms with E-state index in [2.05, 4.69) is 6.92 Å². The Balaban J connectivity index is 2.21. The molecule has 1 rings (SSSR count). The van der Waals surface area contributed by atoms with Crippen molar-refractivity contribution in [1.82, 2.24) is 0 Å². The van der Waals surface area contributed by atoms with E-state index >= 15 is 0 Å². The molecule has 0 spiro atoms. The fraction of sp³-hybridized carbons (Fsp3) is 0.571. The first-order chi connectivity index (χ1) is 8.77. The Hall–Kier alpha value is -1.10. The summed E-state index contributed by atoms with van der Waals surface area (Å²) in [5, 5.41) is 9.88. The molecule has 4 nitrogen and oxygen atoms in total. The zero-order chi connectivity index (χ0) is 13.2. The summed E-state index contributed by atoms with van der Waals surface area (Å²) >= 11 is 0. The lowest BCUT2D eigenvalue weighted by atomic mass is 10.1. The van der Waals surface area contributed by atoms with Crippen molar-refractivity contribution in [3.8, 4) is 5.75 Å². The van der Waals surface area contributed by atoms with Gasteiger partial charge in [-0.15, -0.1) is 0 Å². The van der Waals surface area contributed by atoms with Gasteiger partial charge in [0.2, 0.25) is 0 Å². The van der Waals surface area contributed by atoms with E-state index in [1.54, 1.807) is 7.11 Å². The Morgan fingerprint density at radius 1 is 1.06 bits per heavy atom. The van der Waals surface area contributed by atoms with Crippen molar-refractivity contribution in [1.29, 1.82) is 0 Å². The maximum atomic E-state index is 9.88. The molecule has 1 aromatic rings. The van der Waals surface area contributed by atoms with Crippen LogP contribution in [0.2, 0.25) is 0 Å². The molecule has 1 unspecified atom stereocenters.